The highest BCUT2D eigenvalue weighted by molar-refractivity contribution is 7.98. The van der Waals surface area contributed by atoms with Gasteiger partial charge in [-0.25, -0.2) is 8.78 Å². The van der Waals surface area contributed by atoms with E-state index in [1.165, 1.54) is 50.4 Å². The van der Waals surface area contributed by atoms with Gasteiger partial charge in [0.25, 0.3) is 0 Å². The first-order valence-corrected chi connectivity index (χ1v) is 17.3. The quantitative estimate of drug-likeness (QED) is 0.0942. The van der Waals surface area contributed by atoms with Crippen LogP contribution in [-0.4, -0.2) is 59.6 Å². The van der Waals surface area contributed by atoms with Gasteiger partial charge in [-0.1, -0.05) is 54.6 Å². The van der Waals surface area contributed by atoms with Gasteiger partial charge in [-0.2, -0.15) is 13.2 Å². The smallest absolute Gasteiger partial charge is 0.383 e. The number of pyridine rings is 1. The van der Waals surface area contributed by atoms with Gasteiger partial charge in [0.1, 0.15) is 6.54 Å². The second-order valence-electron chi connectivity index (χ2n) is 12.3. The standard InChI is InChI=1S/C41H40F5N3O3S/c1-27-6-15-34-36(22-27)49(39(23-37(34)50)53-26-31-4-3-5-35(42)40(31)43)25-38(51)48(33-16-18-47(19-17-33)20-21-52-2)24-28-7-9-29(10-8-28)30-11-13-32(14-12-30)41(44,45)46/h3-15,22-23,33H,16-21,24-26H2,1-2H3/i6D,15D,21D2,22D,23D,24D2,26D2. The lowest BCUT2D eigenvalue weighted by Crippen LogP contribution is -2.48. The van der Waals surface area contributed by atoms with Crippen molar-refractivity contribution in [1.82, 2.24) is 14.4 Å². The Morgan fingerprint density at radius 2 is 1.68 bits per heavy atom. The molecule has 0 unspecified atom stereocenters. The third-order valence-electron chi connectivity index (χ3n) is 8.69. The number of amides is 1. The zero-order valence-electron chi connectivity index (χ0n) is 38.5. The number of nitrogens with zero attached hydrogens (tertiary/aromatic N) is 3. The van der Waals surface area contributed by atoms with E-state index in [9.17, 15) is 25.1 Å². The van der Waals surface area contributed by atoms with Gasteiger partial charge in [0, 0.05) is 64.7 Å². The maximum Gasteiger partial charge on any atom is 0.416 e. The third-order valence-corrected chi connectivity index (χ3v) is 9.52. The number of benzene rings is 4. The van der Waals surface area contributed by atoms with E-state index in [1.54, 1.807) is 4.90 Å². The van der Waals surface area contributed by atoms with Gasteiger partial charge in [0.2, 0.25) is 5.91 Å². The van der Waals surface area contributed by atoms with Gasteiger partial charge in [-0.15, -0.1) is 11.8 Å². The number of likely N-dealkylation sites (tertiary alicyclic amines) is 1. The fourth-order valence-electron chi connectivity index (χ4n) is 5.89. The van der Waals surface area contributed by atoms with Crippen molar-refractivity contribution in [2.45, 2.75) is 55.8 Å². The largest absolute Gasteiger partial charge is 0.416 e. The second kappa shape index (κ2) is 16.7. The summed E-state index contributed by atoms with van der Waals surface area (Å²) in [5, 5.41) is -1.26. The fraction of sp³-hybridized carbons (Fsp3) is 0.317. The highest BCUT2D eigenvalue weighted by atomic mass is 32.2. The van der Waals surface area contributed by atoms with E-state index in [1.807, 2.05) is 0 Å². The number of aromatic nitrogens is 1. The van der Waals surface area contributed by atoms with E-state index in [0.717, 1.165) is 39.8 Å². The Morgan fingerprint density at radius 3 is 2.34 bits per heavy atom. The summed E-state index contributed by atoms with van der Waals surface area (Å²) in [5.41, 5.74) is -5.67. The number of carbonyl (C=O) groups excluding carboxylic acids is 1. The second-order valence-corrected chi connectivity index (χ2v) is 13.1. The molecule has 1 amide bonds. The van der Waals surface area contributed by atoms with Crippen LogP contribution in [0.2, 0.25) is 0 Å². The van der Waals surface area contributed by atoms with Gasteiger partial charge >= 0.3 is 6.18 Å². The zero-order valence-corrected chi connectivity index (χ0v) is 29.4. The number of hydrogen-bond acceptors (Lipinski definition) is 5. The first-order valence-electron chi connectivity index (χ1n) is 21.5. The van der Waals surface area contributed by atoms with Crippen LogP contribution in [0.5, 0.6) is 0 Å². The Hall–Kier alpha value is -4.52. The first kappa shape index (κ1) is 27.1. The summed E-state index contributed by atoms with van der Waals surface area (Å²) < 4.78 is 163. The molecule has 0 saturated carbocycles. The molecule has 0 radical (unpaired) electrons. The number of methoxy groups -OCH3 is 1. The number of carbonyl (C=O) groups is 1. The van der Waals surface area contributed by atoms with Crippen molar-refractivity contribution in [3.05, 3.63) is 135 Å². The predicted octanol–water partition coefficient (Wildman–Crippen LogP) is 8.71. The summed E-state index contributed by atoms with van der Waals surface area (Å²) >= 11 is 0.0610. The van der Waals surface area contributed by atoms with Crippen molar-refractivity contribution >= 4 is 28.6 Å². The Kier molecular flexibility index (Phi) is 8.52. The lowest BCUT2D eigenvalue weighted by molar-refractivity contribution is -0.137. The minimum absolute atomic E-state index is 0.0610. The van der Waals surface area contributed by atoms with Crippen LogP contribution < -0.4 is 5.43 Å². The van der Waals surface area contributed by atoms with Crippen molar-refractivity contribution in [3.8, 4) is 11.1 Å². The molecule has 12 heteroatoms. The Bertz CT molecular complexity index is 2610. The van der Waals surface area contributed by atoms with Crippen LogP contribution in [0.25, 0.3) is 22.0 Å². The van der Waals surface area contributed by atoms with E-state index >= 15 is 9.18 Å². The van der Waals surface area contributed by atoms with Gasteiger partial charge in [0.15, 0.2) is 17.1 Å². The molecule has 0 bridgehead atoms. The van der Waals surface area contributed by atoms with E-state index in [-0.39, 0.29) is 55.4 Å². The minimum Gasteiger partial charge on any atom is -0.383 e. The molecule has 278 valence electrons. The predicted molar refractivity (Wildman–Crippen MR) is 198 cm³/mol. The summed E-state index contributed by atoms with van der Waals surface area (Å²) in [6.45, 7) is -4.22. The zero-order chi connectivity index (χ0) is 46.6. The normalized spacial score (nSPS) is 17.7. The van der Waals surface area contributed by atoms with Crippen LogP contribution in [-0.2, 0) is 34.5 Å². The third kappa shape index (κ3) is 9.17. The van der Waals surface area contributed by atoms with Gasteiger partial charge in [-0.3, -0.25) is 9.59 Å². The van der Waals surface area contributed by atoms with Gasteiger partial charge in [0.05, 0.1) is 33.6 Å². The number of thioether (sulfide) groups is 1. The number of hydrogen-bond donors (Lipinski definition) is 0. The number of ether oxygens (including phenoxy) is 1. The van der Waals surface area contributed by atoms with Gasteiger partial charge in [-0.05, 0) is 72.3 Å². The highest BCUT2D eigenvalue weighted by Gasteiger charge is 2.31. The molecule has 0 N–H and O–H groups in total. The molecule has 2 heterocycles. The maximum absolute atomic E-state index is 15.1. The van der Waals surface area contributed by atoms with Crippen molar-refractivity contribution in [2.75, 3.05) is 33.3 Å². The van der Waals surface area contributed by atoms with Crippen LogP contribution in [0, 0.1) is 18.6 Å². The molecule has 1 saturated heterocycles. The molecule has 4 aromatic carbocycles. The molecule has 1 fully saturated rings. The van der Waals surface area contributed by atoms with Crippen LogP contribution in [0.1, 0.15) is 48.8 Å². The van der Waals surface area contributed by atoms with Gasteiger partial charge < -0.3 is 19.1 Å². The lowest BCUT2D eigenvalue weighted by atomic mass is 10.00. The average molecular weight is 760 g/mol. The number of fused-ring (bicyclic) bond motifs is 1. The Morgan fingerprint density at radius 1 is 1.00 bits per heavy atom. The molecule has 6 rings (SSSR count). The monoisotopic (exact) mass is 759 g/mol. The molecule has 5 aromatic rings. The van der Waals surface area contributed by atoms with E-state index in [0.29, 0.717) is 11.1 Å². The van der Waals surface area contributed by atoms with Crippen LogP contribution >= 0.6 is 11.8 Å². The molecule has 53 heavy (non-hydrogen) atoms. The Labute approximate surface area is 323 Å². The molecular formula is C41H40F5N3O3S. The molecule has 1 aromatic heterocycles. The number of piperidine rings is 1. The SMILES string of the molecule is [2H]c1c(C)c([2H])c2c(c1[2H])c(=O)c([2H])c(SC([2H])([2H])c1cccc(F)c1F)n2CC(=O)N(C1CCN(CC([2H])([2H])OC)CC1)C([2H])([2H])c1ccc(-c2ccc(C(F)(F)F)cc2)cc1. The van der Waals surface area contributed by atoms with E-state index < -0.39 is 112 Å². The lowest BCUT2D eigenvalue weighted by Gasteiger charge is -2.39. The molecule has 6 nitrogen and oxygen atoms in total. The fourth-order valence-corrected chi connectivity index (χ4v) is 6.66. The molecular weight excluding hydrogens is 710 g/mol. The Balaban J connectivity index is 1.49. The molecule has 0 aliphatic carbocycles. The summed E-state index contributed by atoms with van der Waals surface area (Å²) in [6.07, 6.45) is -4.38. The highest BCUT2D eigenvalue weighted by Crippen LogP contribution is 2.32. The molecule has 1 aliphatic rings. The number of alkyl halides is 3. The summed E-state index contributed by atoms with van der Waals surface area (Å²) in [4.78, 5) is 31.5. The summed E-state index contributed by atoms with van der Waals surface area (Å²) in [6, 6.07) is 9.02. The van der Waals surface area contributed by atoms with E-state index in [4.69, 9.17) is 15.7 Å². The maximum atomic E-state index is 15.1. The number of rotatable bonds is 12. The van der Waals surface area contributed by atoms with Crippen molar-refractivity contribution in [3.63, 3.8) is 0 Å². The van der Waals surface area contributed by atoms with Crippen LogP contribution in [0.4, 0.5) is 22.0 Å². The van der Waals surface area contributed by atoms with Crippen molar-refractivity contribution in [2.24, 2.45) is 0 Å². The molecule has 0 spiro atoms. The first-order chi connectivity index (χ1) is 29.3. The van der Waals surface area contributed by atoms with Crippen molar-refractivity contribution < 1.29 is 45.2 Å². The number of halogens is 5. The van der Waals surface area contributed by atoms with Crippen molar-refractivity contribution in [1.29, 1.82) is 0 Å². The molecule has 1 aliphatic heterocycles. The minimum atomic E-state index is -4.57. The van der Waals surface area contributed by atoms with Crippen LogP contribution in [0.15, 0.2) is 101 Å². The van der Waals surface area contributed by atoms with Crippen LogP contribution in [0.3, 0.4) is 0 Å². The summed E-state index contributed by atoms with van der Waals surface area (Å²) in [7, 11) is 1.21. The average Bonchev–Trinajstić information content (AvgIpc) is 3.23. The molecule has 0 atom stereocenters. The topological polar surface area (TPSA) is 54.8 Å². The van der Waals surface area contributed by atoms with E-state index in [2.05, 4.69) is 0 Å². The summed E-state index contributed by atoms with van der Waals surface area (Å²) in [5.74, 6) is -3.99.